The van der Waals surface area contributed by atoms with E-state index in [0.717, 1.165) is 5.57 Å². The van der Waals surface area contributed by atoms with E-state index in [4.69, 9.17) is 4.74 Å². The zero-order valence-corrected chi connectivity index (χ0v) is 8.87. The fourth-order valence-electron chi connectivity index (χ4n) is 1.94. The third-order valence-corrected chi connectivity index (χ3v) is 2.51. The van der Waals surface area contributed by atoms with E-state index in [1.54, 1.807) is 13.0 Å². The van der Waals surface area contributed by atoms with E-state index in [1.807, 2.05) is 13.8 Å². The molecule has 1 aliphatic rings. The number of carbonyl (C=O) groups is 2. The molecule has 3 heteroatoms. The standard InChI is InChI=1S/C11H16O3/c1-4-14-11(13)10-7(2)5-9(12)6-8(10)3/h5,8,10H,4,6H2,1-3H3/t8-,10-/m1/s1. The van der Waals surface area contributed by atoms with E-state index in [-0.39, 0.29) is 23.6 Å². The fourth-order valence-corrected chi connectivity index (χ4v) is 1.94. The molecule has 14 heavy (non-hydrogen) atoms. The van der Waals surface area contributed by atoms with E-state index in [2.05, 4.69) is 0 Å². The molecule has 0 unspecified atom stereocenters. The van der Waals surface area contributed by atoms with Gasteiger partial charge in [-0.25, -0.2) is 0 Å². The van der Waals surface area contributed by atoms with Gasteiger partial charge in [-0.3, -0.25) is 9.59 Å². The van der Waals surface area contributed by atoms with Gasteiger partial charge in [0.2, 0.25) is 0 Å². The van der Waals surface area contributed by atoms with Gasteiger partial charge in [-0.1, -0.05) is 12.5 Å². The summed E-state index contributed by atoms with van der Waals surface area (Å²) in [6.07, 6.45) is 2.00. The van der Waals surface area contributed by atoms with Crippen molar-refractivity contribution in [3.05, 3.63) is 11.6 Å². The summed E-state index contributed by atoms with van der Waals surface area (Å²) in [5.74, 6) is -0.268. The molecule has 0 saturated carbocycles. The van der Waals surface area contributed by atoms with Crippen LogP contribution in [0.25, 0.3) is 0 Å². The summed E-state index contributed by atoms with van der Waals surface area (Å²) in [7, 11) is 0. The van der Waals surface area contributed by atoms with Crippen LogP contribution in [0.4, 0.5) is 0 Å². The molecule has 1 aliphatic carbocycles. The maximum Gasteiger partial charge on any atom is 0.313 e. The van der Waals surface area contributed by atoms with Gasteiger partial charge in [-0.2, -0.15) is 0 Å². The van der Waals surface area contributed by atoms with Crippen LogP contribution in [0.3, 0.4) is 0 Å². The molecule has 78 valence electrons. The van der Waals surface area contributed by atoms with Gasteiger partial charge in [0.1, 0.15) is 0 Å². The zero-order valence-electron chi connectivity index (χ0n) is 8.87. The third-order valence-electron chi connectivity index (χ3n) is 2.51. The molecule has 3 nitrogen and oxygen atoms in total. The summed E-state index contributed by atoms with van der Waals surface area (Å²) in [5.41, 5.74) is 0.826. The average Bonchev–Trinajstić information content (AvgIpc) is 2.01. The lowest BCUT2D eigenvalue weighted by atomic mass is 9.79. The predicted molar refractivity (Wildman–Crippen MR) is 52.7 cm³/mol. The smallest absolute Gasteiger partial charge is 0.313 e. The van der Waals surface area contributed by atoms with Gasteiger partial charge in [-0.15, -0.1) is 0 Å². The van der Waals surface area contributed by atoms with Gasteiger partial charge in [0.15, 0.2) is 5.78 Å². The van der Waals surface area contributed by atoms with Crippen LogP contribution in [0.1, 0.15) is 27.2 Å². The zero-order chi connectivity index (χ0) is 10.7. The molecule has 0 spiro atoms. The van der Waals surface area contributed by atoms with Crippen molar-refractivity contribution in [3.8, 4) is 0 Å². The third kappa shape index (κ3) is 2.22. The van der Waals surface area contributed by atoms with E-state index >= 15 is 0 Å². The molecular weight excluding hydrogens is 180 g/mol. The lowest BCUT2D eigenvalue weighted by Gasteiger charge is -2.25. The molecule has 0 aromatic rings. The lowest BCUT2D eigenvalue weighted by Crippen LogP contribution is -2.30. The Balaban J connectivity index is 2.81. The van der Waals surface area contributed by atoms with Crippen molar-refractivity contribution < 1.29 is 14.3 Å². The summed E-state index contributed by atoms with van der Waals surface area (Å²) in [5, 5.41) is 0. The van der Waals surface area contributed by atoms with E-state index in [0.29, 0.717) is 13.0 Å². The molecule has 0 heterocycles. The molecule has 0 amide bonds. The quantitative estimate of drug-likeness (QED) is 0.631. The monoisotopic (exact) mass is 196 g/mol. The van der Waals surface area contributed by atoms with E-state index < -0.39 is 0 Å². The molecule has 0 radical (unpaired) electrons. The highest BCUT2D eigenvalue weighted by Crippen LogP contribution is 2.29. The first-order chi connectivity index (χ1) is 6.56. The molecule has 0 saturated heterocycles. The van der Waals surface area contributed by atoms with Crippen LogP contribution in [0.5, 0.6) is 0 Å². The van der Waals surface area contributed by atoms with Crippen molar-refractivity contribution in [1.82, 2.24) is 0 Å². The maximum absolute atomic E-state index is 11.6. The summed E-state index contributed by atoms with van der Waals surface area (Å²) < 4.78 is 4.97. The number of allylic oxidation sites excluding steroid dienone is 1. The minimum atomic E-state index is -0.229. The number of ether oxygens (including phenoxy) is 1. The number of rotatable bonds is 2. The lowest BCUT2D eigenvalue weighted by molar-refractivity contribution is -0.148. The van der Waals surface area contributed by atoms with Crippen LogP contribution in [0.15, 0.2) is 11.6 Å². The maximum atomic E-state index is 11.6. The van der Waals surface area contributed by atoms with Crippen molar-refractivity contribution in [3.63, 3.8) is 0 Å². The molecule has 0 aliphatic heterocycles. The molecular formula is C11H16O3. The topological polar surface area (TPSA) is 43.4 Å². The van der Waals surface area contributed by atoms with Crippen molar-refractivity contribution in [2.45, 2.75) is 27.2 Å². The Labute approximate surface area is 84.1 Å². The Morgan fingerprint density at radius 3 is 2.79 bits per heavy atom. The van der Waals surface area contributed by atoms with Crippen molar-refractivity contribution in [1.29, 1.82) is 0 Å². The number of esters is 1. The van der Waals surface area contributed by atoms with E-state index in [9.17, 15) is 9.59 Å². The number of carbonyl (C=O) groups excluding carboxylic acids is 2. The first-order valence-corrected chi connectivity index (χ1v) is 4.94. The Morgan fingerprint density at radius 2 is 2.29 bits per heavy atom. The highest BCUT2D eigenvalue weighted by Gasteiger charge is 2.32. The Morgan fingerprint density at radius 1 is 1.64 bits per heavy atom. The van der Waals surface area contributed by atoms with Gasteiger partial charge in [0.25, 0.3) is 0 Å². The highest BCUT2D eigenvalue weighted by atomic mass is 16.5. The van der Waals surface area contributed by atoms with Gasteiger partial charge in [0, 0.05) is 6.42 Å². The van der Waals surface area contributed by atoms with Gasteiger partial charge >= 0.3 is 5.97 Å². The van der Waals surface area contributed by atoms with Gasteiger partial charge in [-0.05, 0) is 25.8 Å². The molecule has 0 N–H and O–H groups in total. The molecule has 1 rings (SSSR count). The second-order valence-electron chi connectivity index (χ2n) is 3.77. The van der Waals surface area contributed by atoms with Crippen LogP contribution in [-0.4, -0.2) is 18.4 Å². The van der Waals surface area contributed by atoms with Gasteiger partial charge < -0.3 is 4.74 Å². The van der Waals surface area contributed by atoms with Crippen LogP contribution >= 0.6 is 0 Å². The number of ketones is 1. The predicted octanol–water partition coefficient (Wildman–Crippen LogP) is 1.72. The van der Waals surface area contributed by atoms with E-state index in [1.165, 1.54) is 0 Å². The summed E-state index contributed by atoms with van der Waals surface area (Å²) in [6.45, 7) is 5.91. The van der Waals surface area contributed by atoms with Gasteiger partial charge in [0.05, 0.1) is 12.5 Å². The highest BCUT2D eigenvalue weighted by molar-refractivity contribution is 5.94. The Kier molecular flexibility index (Phi) is 3.44. The normalized spacial score (nSPS) is 27.1. The molecule has 0 bridgehead atoms. The van der Waals surface area contributed by atoms with Crippen LogP contribution in [-0.2, 0) is 14.3 Å². The summed E-state index contributed by atoms with van der Waals surface area (Å²) >= 11 is 0. The number of hydrogen-bond acceptors (Lipinski definition) is 3. The first-order valence-electron chi connectivity index (χ1n) is 4.94. The molecule has 0 fully saturated rings. The van der Waals surface area contributed by atoms with Crippen LogP contribution in [0, 0.1) is 11.8 Å². The molecule has 0 aromatic carbocycles. The Hall–Kier alpha value is -1.12. The van der Waals surface area contributed by atoms with Crippen molar-refractivity contribution in [2.75, 3.05) is 6.61 Å². The van der Waals surface area contributed by atoms with Crippen molar-refractivity contribution in [2.24, 2.45) is 11.8 Å². The fraction of sp³-hybridized carbons (Fsp3) is 0.636. The minimum Gasteiger partial charge on any atom is -0.466 e. The second kappa shape index (κ2) is 4.40. The minimum absolute atomic E-state index is 0.0616. The summed E-state index contributed by atoms with van der Waals surface area (Å²) in [6, 6.07) is 0. The first kappa shape index (κ1) is 11.0. The second-order valence-corrected chi connectivity index (χ2v) is 3.77. The molecule has 0 aromatic heterocycles. The average molecular weight is 196 g/mol. The Bertz CT molecular complexity index is 278. The SMILES string of the molecule is CCOC(=O)[C@@H]1C(C)=CC(=O)C[C@H]1C. The van der Waals surface area contributed by atoms with Crippen LogP contribution in [0.2, 0.25) is 0 Å². The number of hydrogen-bond donors (Lipinski definition) is 0. The van der Waals surface area contributed by atoms with Crippen LogP contribution < -0.4 is 0 Å². The largest absolute Gasteiger partial charge is 0.466 e. The van der Waals surface area contributed by atoms with Crippen molar-refractivity contribution >= 4 is 11.8 Å². The molecule has 2 atom stereocenters. The summed E-state index contributed by atoms with van der Waals surface area (Å²) in [4.78, 5) is 22.7.